The molecule has 3 saturated heterocycles. The van der Waals surface area contributed by atoms with Crippen LogP contribution in [0.2, 0.25) is 5.02 Å². The maximum Gasteiger partial charge on any atom is 0.251 e. The summed E-state index contributed by atoms with van der Waals surface area (Å²) < 4.78 is 29.3. The van der Waals surface area contributed by atoms with Crippen molar-refractivity contribution in [2.45, 2.75) is 230 Å². The normalized spacial score (nSPS) is 26.2. The van der Waals surface area contributed by atoms with E-state index in [1.807, 2.05) is 20.8 Å². The molecular weight excluding hydrogens is 1350 g/mol. The van der Waals surface area contributed by atoms with Crippen LogP contribution in [0.4, 0.5) is 8.78 Å². The number of likely N-dealkylation sites (tertiary alicyclic amines) is 2. The van der Waals surface area contributed by atoms with Crippen molar-refractivity contribution >= 4 is 88.4 Å². The van der Waals surface area contributed by atoms with Gasteiger partial charge in [0.05, 0.1) is 32.5 Å². The quantitative estimate of drug-likeness (QED) is 0.236. The molecule has 8 atom stereocenters. The van der Waals surface area contributed by atoms with Crippen molar-refractivity contribution in [2.75, 3.05) is 102 Å². The van der Waals surface area contributed by atoms with E-state index in [0.29, 0.717) is 55.8 Å². The number of benzene rings is 1. The number of aryl methyl sites for hydroxylation is 1. The SMILES string of the molecule is CC[C@H](C)[C@@H]1NC(=O)[C@H](CC(C)C)N(C)C(=O)C[C@@H](C(=O)N2CCCCC2)N(C)C(=O)[C@H](C(C)C)N(C)C(=O)C2(CCCC2)NC(=O)[C@H](CC(=O)N2CCC(F)(F)CC2)N(C)C(=O)[C@H](CCc2ccc(Cl)cc2)NC(=O)CN(C)C(=O)[C@H](CC2CCCCC2)N(C)C(=O)CN(C)C(=O)CN(C)C1=O. The van der Waals surface area contributed by atoms with Gasteiger partial charge in [-0.25, -0.2) is 8.78 Å². The molecule has 0 unspecified atom stereocenters. The average Bonchev–Trinajstić information content (AvgIpc) is 1.75. The van der Waals surface area contributed by atoms with Gasteiger partial charge < -0.3 is 64.9 Å². The zero-order chi connectivity index (χ0) is 76.5. The molecule has 3 aliphatic heterocycles. The summed E-state index contributed by atoms with van der Waals surface area (Å²) in [4.78, 5) is 206. The average molecular weight is 1470 g/mol. The zero-order valence-electron chi connectivity index (χ0n) is 63.4. The molecule has 29 heteroatoms. The van der Waals surface area contributed by atoms with Crippen LogP contribution in [0.15, 0.2) is 24.3 Å². The van der Waals surface area contributed by atoms with E-state index in [1.165, 1.54) is 76.0 Å². The molecule has 1 spiro atoms. The third-order valence-electron chi connectivity index (χ3n) is 22.0. The number of alkyl halides is 2. The van der Waals surface area contributed by atoms with Crippen molar-refractivity contribution in [2.24, 2.45) is 23.7 Å². The van der Waals surface area contributed by atoms with E-state index < -0.39 is 188 Å². The van der Waals surface area contributed by atoms with Crippen LogP contribution in [0.1, 0.15) is 176 Å². The summed E-state index contributed by atoms with van der Waals surface area (Å²) >= 11 is 6.26. The predicted molar refractivity (Wildman–Crippen MR) is 384 cm³/mol. The van der Waals surface area contributed by atoms with E-state index in [9.17, 15) is 42.3 Å². The minimum atomic E-state index is -3.06. The number of nitrogens with one attached hydrogen (secondary N) is 3. The Labute approximate surface area is 612 Å². The number of halogens is 3. The Kier molecular flexibility index (Phi) is 31.1. The van der Waals surface area contributed by atoms with Crippen LogP contribution in [0.3, 0.4) is 0 Å². The molecule has 0 radical (unpaired) electrons. The van der Waals surface area contributed by atoms with Crippen molar-refractivity contribution in [1.82, 2.24) is 64.9 Å². The number of rotatable bonds is 13. The fraction of sp³-hybridized carbons (Fsp3) is 0.743. The van der Waals surface area contributed by atoms with Crippen molar-refractivity contribution in [1.29, 1.82) is 0 Å². The van der Waals surface area contributed by atoms with Gasteiger partial charge in [-0.3, -0.25) is 62.3 Å². The molecule has 26 nitrogen and oxygen atoms in total. The molecule has 6 rings (SSSR count). The second-order valence-electron chi connectivity index (χ2n) is 30.5. The van der Waals surface area contributed by atoms with Crippen LogP contribution < -0.4 is 16.0 Å². The fourth-order valence-electron chi connectivity index (χ4n) is 15.0. The Hall–Kier alpha value is -7.52. The van der Waals surface area contributed by atoms with E-state index in [0.717, 1.165) is 63.0 Å². The Balaban J connectivity index is 1.47. The van der Waals surface area contributed by atoms with Gasteiger partial charge in [-0.15, -0.1) is 0 Å². The van der Waals surface area contributed by atoms with Crippen molar-refractivity contribution in [3.8, 4) is 0 Å². The summed E-state index contributed by atoms with van der Waals surface area (Å²) in [6.45, 7) is 8.97. The number of nitrogens with zero attached hydrogens (tertiary/aromatic N) is 10. The number of piperidine rings is 2. The summed E-state index contributed by atoms with van der Waals surface area (Å²) in [5, 5.41) is 9.05. The largest absolute Gasteiger partial charge is 0.343 e. The molecule has 2 saturated carbocycles. The third kappa shape index (κ3) is 22.5. The standard InChI is InChI=1S/C74H116ClF2N13O13/c1-15-49(6)63-70(101)83(9)45-61(94)81(7)46-62(95)85(11)56(41-51-24-18-16-19-25-51)68(99)82(8)44-58(91)78-53(31-28-50-26-29-52(75)30-27-50)67(98)86(12)55(42-60(93)89-38-34-74(76,77)35-39-89)66(97)80-73(32-20-21-33-73)72(103)88(14)64(48(4)5)71(102)87(13)57(69(100)90-36-22-17-23-37-90)43-59(92)84(10)54(40-47(2)3)65(96)79-63/h26-27,29-30,47-49,51,53-57,63-64H,15-25,28,31-46H2,1-14H3,(H,78,91)(H,79,96)(H,80,97)/t49-,53-,54-,55-,56-,57-,63-,64-/m0/s1. The highest BCUT2D eigenvalue weighted by molar-refractivity contribution is 6.30. The Morgan fingerprint density at radius 1 is 0.573 bits per heavy atom. The van der Waals surface area contributed by atoms with Gasteiger partial charge in [0.2, 0.25) is 76.8 Å². The molecule has 5 aliphatic rings. The van der Waals surface area contributed by atoms with Crippen LogP contribution in [0.25, 0.3) is 0 Å². The van der Waals surface area contributed by atoms with Gasteiger partial charge >= 0.3 is 0 Å². The molecule has 2 aliphatic carbocycles. The van der Waals surface area contributed by atoms with Crippen LogP contribution in [0, 0.1) is 23.7 Å². The maximum absolute atomic E-state index is 15.7. The lowest BCUT2D eigenvalue weighted by Crippen LogP contribution is -2.65. The first-order valence-electron chi connectivity index (χ1n) is 37.1. The minimum absolute atomic E-state index is 0.0157. The second-order valence-corrected chi connectivity index (χ2v) is 31.0. The van der Waals surface area contributed by atoms with E-state index in [2.05, 4.69) is 16.0 Å². The predicted octanol–water partition coefficient (Wildman–Crippen LogP) is 4.96. The maximum atomic E-state index is 15.7. The summed E-state index contributed by atoms with van der Waals surface area (Å²) in [6.07, 6.45) is 5.50. The van der Waals surface area contributed by atoms with Gasteiger partial charge in [0, 0.05) is 100 Å². The topological polar surface area (TPSA) is 290 Å². The minimum Gasteiger partial charge on any atom is -0.343 e. The number of amides is 13. The molecular formula is C74H116ClF2N13O13. The summed E-state index contributed by atoms with van der Waals surface area (Å²) in [5.41, 5.74) is -1.07. The molecule has 103 heavy (non-hydrogen) atoms. The van der Waals surface area contributed by atoms with E-state index >= 15 is 28.8 Å². The lowest BCUT2D eigenvalue weighted by Gasteiger charge is -2.42. The van der Waals surface area contributed by atoms with Crippen molar-refractivity contribution < 1.29 is 71.1 Å². The smallest absolute Gasteiger partial charge is 0.251 e. The van der Waals surface area contributed by atoms with Crippen molar-refractivity contribution in [3.05, 3.63) is 34.9 Å². The zero-order valence-corrected chi connectivity index (χ0v) is 64.1. The van der Waals surface area contributed by atoms with E-state index in [4.69, 9.17) is 11.6 Å². The van der Waals surface area contributed by atoms with Crippen LogP contribution >= 0.6 is 11.6 Å². The second kappa shape index (κ2) is 38.0. The number of hydrogen-bond donors (Lipinski definition) is 3. The molecule has 13 amide bonds. The molecule has 1 aromatic carbocycles. The summed E-state index contributed by atoms with van der Waals surface area (Å²) in [5.74, 6) is -13.7. The number of likely N-dealkylation sites (N-methyl/N-ethyl adjacent to an activating group) is 8. The summed E-state index contributed by atoms with van der Waals surface area (Å²) in [7, 11) is 11.1. The van der Waals surface area contributed by atoms with Gasteiger partial charge in [0.25, 0.3) is 5.92 Å². The Morgan fingerprint density at radius 3 is 1.73 bits per heavy atom. The highest BCUT2D eigenvalue weighted by Crippen LogP contribution is 2.35. The third-order valence-corrected chi connectivity index (χ3v) is 22.2. The number of hydrogen-bond acceptors (Lipinski definition) is 13. The molecule has 3 N–H and O–H groups in total. The van der Waals surface area contributed by atoms with Crippen LogP contribution in [0.5, 0.6) is 0 Å². The lowest BCUT2D eigenvalue weighted by molar-refractivity contribution is -0.156. The molecule has 3 heterocycles. The van der Waals surface area contributed by atoms with Crippen LogP contribution in [-0.2, 0) is 68.7 Å². The number of carbonyl (C=O) groups excluding carboxylic acids is 13. The van der Waals surface area contributed by atoms with Crippen molar-refractivity contribution in [3.63, 3.8) is 0 Å². The summed E-state index contributed by atoms with van der Waals surface area (Å²) in [6, 6.07) is -2.83. The van der Waals surface area contributed by atoms with Gasteiger partial charge in [0.15, 0.2) is 0 Å². The van der Waals surface area contributed by atoms with E-state index in [1.54, 1.807) is 49.9 Å². The Morgan fingerprint density at radius 2 is 1.15 bits per heavy atom. The number of carbonyl (C=O) groups is 13. The van der Waals surface area contributed by atoms with Gasteiger partial charge in [-0.1, -0.05) is 117 Å². The molecule has 1 aromatic rings. The van der Waals surface area contributed by atoms with Gasteiger partial charge in [-0.2, -0.15) is 0 Å². The highest BCUT2D eigenvalue weighted by atomic mass is 35.5. The lowest BCUT2D eigenvalue weighted by atomic mass is 9.84. The van der Waals surface area contributed by atoms with Gasteiger partial charge in [-0.05, 0) is 99.2 Å². The van der Waals surface area contributed by atoms with E-state index in [-0.39, 0.29) is 63.5 Å². The fourth-order valence-corrected chi connectivity index (χ4v) is 15.1. The molecule has 576 valence electrons. The molecule has 5 fully saturated rings. The first-order chi connectivity index (χ1) is 48.4. The van der Waals surface area contributed by atoms with Crippen LogP contribution in [-0.4, -0.2) is 282 Å². The van der Waals surface area contributed by atoms with Gasteiger partial charge in [0.1, 0.15) is 47.8 Å². The monoisotopic (exact) mass is 1470 g/mol. The molecule has 0 aromatic heterocycles. The highest BCUT2D eigenvalue weighted by Gasteiger charge is 2.51. The first-order valence-corrected chi connectivity index (χ1v) is 37.5. The molecule has 0 bridgehead atoms. The Bertz CT molecular complexity index is 3170. The first kappa shape index (κ1) is 84.4.